The monoisotopic (exact) mass is 367 g/mol. The molecule has 1 aliphatic rings. The zero-order valence-corrected chi connectivity index (χ0v) is 16.3. The van der Waals surface area contributed by atoms with E-state index < -0.39 is 0 Å². The molecular formula is C21H29N5O. The van der Waals surface area contributed by atoms with Crippen LogP contribution in [0.25, 0.3) is 0 Å². The fraction of sp³-hybridized carbons (Fsp3) is 0.429. The molecule has 6 heteroatoms. The van der Waals surface area contributed by atoms with Gasteiger partial charge in [-0.2, -0.15) is 0 Å². The number of nitrogens with zero attached hydrogens (tertiary/aromatic N) is 4. The number of nitrogens with one attached hydrogen (secondary N) is 1. The van der Waals surface area contributed by atoms with Crippen molar-refractivity contribution in [1.29, 1.82) is 0 Å². The molecule has 1 aliphatic heterocycles. The average Bonchev–Trinajstić information content (AvgIpc) is 2.71. The molecule has 1 N–H and O–H groups in total. The maximum absolute atomic E-state index is 12.5. The molecular weight excluding hydrogens is 338 g/mol. The molecule has 0 aliphatic carbocycles. The van der Waals surface area contributed by atoms with Gasteiger partial charge in [-0.25, -0.2) is 4.79 Å². The predicted octanol–water partition coefficient (Wildman–Crippen LogP) is 3.28. The lowest BCUT2D eigenvalue weighted by molar-refractivity contribution is 0.143. The zero-order valence-electron chi connectivity index (χ0n) is 16.3. The third kappa shape index (κ3) is 5.20. The van der Waals surface area contributed by atoms with Crippen molar-refractivity contribution in [2.24, 2.45) is 0 Å². The molecule has 0 radical (unpaired) electrons. The SMILES string of the molecule is CCN(CC)c1ccc(NC(=O)N2CCN(Cc3cccnc3)CC2)cc1. The minimum atomic E-state index is -0.0217. The Morgan fingerprint density at radius 2 is 1.78 bits per heavy atom. The van der Waals surface area contributed by atoms with E-state index in [1.165, 1.54) is 11.3 Å². The third-order valence-electron chi connectivity index (χ3n) is 5.04. The largest absolute Gasteiger partial charge is 0.372 e. The highest BCUT2D eigenvalue weighted by Gasteiger charge is 2.21. The first-order valence-corrected chi connectivity index (χ1v) is 9.71. The molecule has 1 aromatic heterocycles. The number of anilines is 2. The van der Waals surface area contributed by atoms with Crippen molar-refractivity contribution >= 4 is 17.4 Å². The summed E-state index contributed by atoms with van der Waals surface area (Å²) >= 11 is 0. The number of rotatable bonds is 6. The van der Waals surface area contributed by atoms with E-state index in [1.54, 1.807) is 6.20 Å². The van der Waals surface area contributed by atoms with Crippen LogP contribution in [-0.4, -0.2) is 60.1 Å². The fourth-order valence-corrected chi connectivity index (χ4v) is 3.41. The Hall–Kier alpha value is -2.60. The quantitative estimate of drug-likeness (QED) is 0.851. The van der Waals surface area contributed by atoms with Gasteiger partial charge in [-0.3, -0.25) is 9.88 Å². The van der Waals surface area contributed by atoms with Gasteiger partial charge < -0.3 is 15.1 Å². The van der Waals surface area contributed by atoms with Crippen LogP contribution in [0.5, 0.6) is 0 Å². The van der Waals surface area contributed by atoms with Crippen LogP contribution in [-0.2, 0) is 6.54 Å². The lowest BCUT2D eigenvalue weighted by Crippen LogP contribution is -2.49. The average molecular weight is 367 g/mol. The summed E-state index contributed by atoms with van der Waals surface area (Å²) in [6.45, 7) is 10.4. The summed E-state index contributed by atoms with van der Waals surface area (Å²) in [5.74, 6) is 0. The normalized spacial score (nSPS) is 14.8. The van der Waals surface area contributed by atoms with Gasteiger partial charge in [0.15, 0.2) is 0 Å². The van der Waals surface area contributed by atoms with Gasteiger partial charge in [0.05, 0.1) is 0 Å². The van der Waals surface area contributed by atoms with Crippen LogP contribution in [0.2, 0.25) is 0 Å². The summed E-state index contributed by atoms with van der Waals surface area (Å²) in [6.07, 6.45) is 3.70. The summed E-state index contributed by atoms with van der Waals surface area (Å²) < 4.78 is 0. The molecule has 2 heterocycles. The van der Waals surface area contributed by atoms with Crippen molar-refractivity contribution < 1.29 is 4.79 Å². The molecule has 6 nitrogen and oxygen atoms in total. The molecule has 1 saturated heterocycles. The van der Waals surface area contributed by atoms with E-state index >= 15 is 0 Å². The van der Waals surface area contributed by atoms with Gasteiger partial charge in [0.2, 0.25) is 0 Å². The van der Waals surface area contributed by atoms with E-state index in [2.05, 4.69) is 52.1 Å². The van der Waals surface area contributed by atoms with Crippen molar-refractivity contribution in [1.82, 2.24) is 14.8 Å². The maximum atomic E-state index is 12.5. The number of hydrogen-bond acceptors (Lipinski definition) is 4. The van der Waals surface area contributed by atoms with Gasteiger partial charge in [0, 0.05) is 69.6 Å². The van der Waals surface area contributed by atoms with Crippen LogP contribution in [0.4, 0.5) is 16.2 Å². The van der Waals surface area contributed by atoms with Crippen LogP contribution >= 0.6 is 0 Å². The summed E-state index contributed by atoms with van der Waals surface area (Å²) in [5, 5.41) is 3.02. The molecule has 1 fully saturated rings. The Bertz CT molecular complexity index is 707. The standard InChI is InChI=1S/C21H29N5O/c1-3-25(4-2)20-9-7-19(8-10-20)23-21(27)26-14-12-24(13-15-26)17-18-6-5-11-22-16-18/h5-11,16H,3-4,12-15,17H2,1-2H3,(H,23,27). The van der Waals surface area contributed by atoms with Crippen LogP contribution in [0.3, 0.4) is 0 Å². The van der Waals surface area contributed by atoms with E-state index in [4.69, 9.17) is 0 Å². The van der Waals surface area contributed by atoms with Crippen molar-refractivity contribution in [3.63, 3.8) is 0 Å². The second kappa shape index (κ2) is 9.37. The number of aromatic nitrogens is 1. The molecule has 0 saturated carbocycles. The van der Waals surface area contributed by atoms with E-state index in [0.717, 1.165) is 51.5 Å². The molecule has 2 aromatic rings. The fourth-order valence-electron chi connectivity index (χ4n) is 3.41. The van der Waals surface area contributed by atoms with Crippen molar-refractivity contribution in [3.05, 3.63) is 54.4 Å². The van der Waals surface area contributed by atoms with Gasteiger partial charge in [-0.05, 0) is 49.7 Å². The molecule has 1 aromatic carbocycles. The van der Waals surface area contributed by atoms with E-state index in [0.29, 0.717) is 0 Å². The molecule has 0 unspecified atom stereocenters. The first kappa shape index (κ1) is 19.2. The number of pyridine rings is 1. The van der Waals surface area contributed by atoms with E-state index in [-0.39, 0.29) is 6.03 Å². The Morgan fingerprint density at radius 3 is 2.37 bits per heavy atom. The smallest absolute Gasteiger partial charge is 0.321 e. The summed E-state index contributed by atoms with van der Waals surface area (Å²) in [5.41, 5.74) is 3.24. The van der Waals surface area contributed by atoms with Crippen LogP contribution in [0.15, 0.2) is 48.8 Å². The van der Waals surface area contributed by atoms with Gasteiger partial charge in [-0.1, -0.05) is 6.07 Å². The maximum Gasteiger partial charge on any atom is 0.321 e. The van der Waals surface area contributed by atoms with Gasteiger partial charge in [-0.15, -0.1) is 0 Å². The topological polar surface area (TPSA) is 51.7 Å². The minimum Gasteiger partial charge on any atom is -0.372 e. The Balaban J connectivity index is 1.48. The van der Waals surface area contributed by atoms with Crippen LogP contribution in [0, 0.1) is 0 Å². The van der Waals surface area contributed by atoms with Crippen LogP contribution in [0.1, 0.15) is 19.4 Å². The molecule has 0 atom stereocenters. The summed E-state index contributed by atoms with van der Waals surface area (Å²) in [6, 6.07) is 12.1. The number of carbonyl (C=O) groups is 1. The van der Waals surface area contributed by atoms with E-state index in [1.807, 2.05) is 29.3 Å². The van der Waals surface area contributed by atoms with Crippen molar-refractivity contribution in [2.75, 3.05) is 49.5 Å². The molecule has 0 spiro atoms. The number of amides is 2. The number of carbonyl (C=O) groups excluding carboxylic acids is 1. The summed E-state index contributed by atoms with van der Waals surface area (Å²) in [7, 11) is 0. The van der Waals surface area contributed by atoms with Crippen LogP contribution < -0.4 is 10.2 Å². The highest BCUT2D eigenvalue weighted by atomic mass is 16.2. The number of hydrogen-bond donors (Lipinski definition) is 1. The molecule has 27 heavy (non-hydrogen) atoms. The van der Waals surface area contributed by atoms with Crippen molar-refractivity contribution in [3.8, 4) is 0 Å². The van der Waals surface area contributed by atoms with E-state index in [9.17, 15) is 4.79 Å². The number of urea groups is 1. The second-order valence-electron chi connectivity index (χ2n) is 6.77. The highest BCUT2D eigenvalue weighted by molar-refractivity contribution is 5.89. The zero-order chi connectivity index (χ0) is 19.1. The molecule has 0 bridgehead atoms. The number of piperazine rings is 1. The minimum absolute atomic E-state index is 0.0217. The lowest BCUT2D eigenvalue weighted by Gasteiger charge is -2.34. The molecule has 2 amide bonds. The van der Waals surface area contributed by atoms with Crippen molar-refractivity contribution in [2.45, 2.75) is 20.4 Å². The predicted molar refractivity (Wildman–Crippen MR) is 110 cm³/mol. The Morgan fingerprint density at radius 1 is 1.07 bits per heavy atom. The number of benzene rings is 1. The van der Waals surface area contributed by atoms with Gasteiger partial charge in [0.1, 0.15) is 0 Å². The second-order valence-corrected chi connectivity index (χ2v) is 6.77. The highest BCUT2D eigenvalue weighted by Crippen LogP contribution is 2.18. The third-order valence-corrected chi connectivity index (χ3v) is 5.04. The summed E-state index contributed by atoms with van der Waals surface area (Å²) in [4.78, 5) is 23.2. The lowest BCUT2D eigenvalue weighted by atomic mass is 10.2. The molecule has 3 rings (SSSR count). The first-order valence-electron chi connectivity index (χ1n) is 9.71. The van der Waals surface area contributed by atoms with Gasteiger partial charge in [0.25, 0.3) is 0 Å². The Labute approximate surface area is 161 Å². The molecule has 144 valence electrons. The Kier molecular flexibility index (Phi) is 6.65. The first-order chi connectivity index (χ1) is 13.2. The van der Waals surface area contributed by atoms with Gasteiger partial charge >= 0.3 is 6.03 Å².